The highest BCUT2D eigenvalue weighted by molar-refractivity contribution is 7.15. The number of thiazole rings is 1. The summed E-state index contributed by atoms with van der Waals surface area (Å²) in [6.07, 6.45) is 3.50. The normalized spacial score (nSPS) is 11.4. The summed E-state index contributed by atoms with van der Waals surface area (Å²) in [4.78, 5) is 43.2. The average molecular weight is 528 g/mol. The number of carbonyl (C=O) groups is 2. The summed E-state index contributed by atoms with van der Waals surface area (Å²) in [5.41, 5.74) is 5.05. The molecule has 0 bridgehead atoms. The molecular weight excluding hydrogens is 498 g/mol. The van der Waals surface area contributed by atoms with Crippen LogP contribution in [0.3, 0.4) is 0 Å². The highest BCUT2D eigenvalue weighted by Gasteiger charge is 2.17. The molecule has 5 aromatic rings. The molecule has 0 atom stereocenters. The molecule has 1 N–H and O–H groups in total. The summed E-state index contributed by atoms with van der Waals surface area (Å²) in [6.45, 7) is 6.79. The molecular formula is C28H29N7O2S. The van der Waals surface area contributed by atoms with Crippen LogP contribution in [0.2, 0.25) is 0 Å². The van der Waals surface area contributed by atoms with Crippen molar-refractivity contribution < 1.29 is 9.59 Å². The zero-order valence-electron chi connectivity index (χ0n) is 21.6. The molecule has 0 aliphatic heterocycles. The molecule has 3 aromatic heterocycles. The fraction of sp³-hybridized carbons (Fsp3) is 0.250. The number of rotatable bonds is 9. The monoisotopic (exact) mass is 527 g/mol. The molecule has 0 saturated heterocycles. The molecule has 0 spiro atoms. The lowest BCUT2D eigenvalue weighted by Crippen LogP contribution is -2.35. The molecule has 0 saturated carbocycles. The Bertz CT molecular complexity index is 1610. The molecule has 3 heterocycles. The van der Waals surface area contributed by atoms with E-state index in [1.54, 1.807) is 23.2 Å². The number of anilines is 1. The third-order valence-electron chi connectivity index (χ3n) is 6.54. The number of imidazole rings is 1. The first-order valence-corrected chi connectivity index (χ1v) is 13.3. The van der Waals surface area contributed by atoms with E-state index < -0.39 is 0 Å². The standard InChI is InChI=1S/C28H29N7O2S/c1-4-34(14-13-33(3)19(2)36)16-20-18-38-28-32-26(17-35(20)28)21-9-5-6-10-22(21)31-27(37)25-15-29-23-11-7-8-12-24(23)30-25/h5-12,15,17-18H,4,13-14,16H2,1-3H3,(H,31,37). The number of benzene rings is 2. The number of aromatic nitrogens is 4. The molecule has 9 nitrogen and oxygen atoms in total. The lowest BCUT2D eigenvalue weighted by molar-refractivity contribution is -0.127. The van der Waals surface area contributed by atoms with Gasteiger partial charge in [-0.1, -0.05) is 37.3 Å². The lowest BCUT2D eigenvalue weighted by atomic mass is 10.1. The third-order valence-corrected chi connectivity index (χ3v) is 7.43. The van der Waals surface area contributed by atoms with E-state index in [2.05, 4.69) is 36.9 Å². The van der Waals surface area contributed by atoms with Gasteiger partial charge in [0.2, 0.25) is 5.91 Å². The minimum atomic E-state index is -0.327. The molecule has 2 amide bonds. The van der Waals surface area contributed by atoms with Gasteiger partial charge in [0.25, 0.3) is 5.91 Å². The summed E-state index contributed by atoms with van der Waals surface area (Å²) in [7, 11) is 1.82. The zero-order chi connectivity index (χ0) is 26.6. The van der Waals surface area contributed by atoms with Gasteiger partial charge < -0.3 is 10.2 Å². The van der Waals surface area contributed by atoms with Gasteiger partial charge in [0.15, 0.2) is 4.96 Å². The number of para-hydroxylation sites is 3. The second kappa shape index (κ2) is 11.1. The summed E-state index contributed by atoms with van der Waals surface area (Å²) < 4.78 is 2.10. The fourth-order valence-electron chi connectivity index (χ4n) is 4.17. The molecule has 10 heteroatoms. The van der Waals surface area contributed by atoms with Crippen molar-refractivity contribution in [2.24, 2.45) is 0 Å². The van der Waals surface area contributed by atoms with Crippen LogP contribution in [0.1, 0.15) is 30.0 Å². The number of fused-ring (bicyclic) bond motifs is 2. The highest BCUT2D eigenvalue weighted by atomic mass is 32.1. The molecule has 194 valence electrons. The van der Waals surface area contributed by atoms with E-state index in [0.29, 0.717) is 17.7 Å². The Kier molecular flexibility index (Phi) is 7.43. The van der Waals surface area contributed by atoms with Gasteiger partial charge in [0, 0.05) is 56.4 Å². The predicted octanol–water partition coefficient (Wildman–Crippen LogP) is 4.56. The first kappa shape index (κ1) is 25.5. The SMILES string of the molecule is CCN(CCN(C)C(C)=O)Cc1csc2nc(-c3ccccc3NC(=O)c3cnc4ccccc4n3)cn12. The summed E-state index contributed by atoms with van der Waals surface area (Å²) >= 11 is 1.58. The molecule has 0 unspecified atom stereocenters. The van der Waals surface area contributed by atoms with Crippen LogP contribution >= 0.6 is 11.3 Å². The molecule has 5 rings (SSSR count). The Morgan fingerprint density at radius 3 is 2.58 bits per heavy atom. The van der Waals surface area contributed by atoms with E-state index >= 15 is 0 Å². The Morgan fingerprint density at radius 1 is 1.03 bits per heavy atom. The first-order chi connectivity index (χ1) is 18.4. The maximum absolute atomic E-state index is 13.1. The van der Waals surface area contributed by atoms with Crippen LogP contribution in [-0.4, -0.2) is 67.6 Å². The van der Waals surface area contributed by atoms with Crippen molar-refractivity contribution in [3.63, 3.8) is 0 Å². The summed E-state index contributed by atoms with van der Waals surface area (Å²) in [5, 5.41) is 5.11. The van der Waals surface area contributed by atoms with Gasteiger partial charge in [-0.3, -0.25) is 23.9 Å². The van der Waals surface area contributed by atoms with Crippen LogP contribution in [0.5, 0.6) is 0 Å². The molecule has 0 aliphatic rings. The van der Waals surface area contributed by atoms with Crippen LogP contribution in [-0.2, 0) is 11.3 Å². The topological polar surface area (TPSA) is 95.7 Å². The van der Waals surface area contributed by atoms with Gasteiger partial charge in [0.1, 0.15) is 5.69 Å². The van der Waals surface area contributed by atoms with Gasteiger partial charge in [0.05, 0.1) is 28.6 Å². The summed E-state index contributed by atoms with van der Waals surface area (Å²) in [5.74, 6) is -0.261. The highest BCUT2D eigenvalue weighted by Crippen LogP contribution is 2.30. The third kappa shape index (κ3) is 5.41. The van der Waals surface area contributed by atoms with E-state index in [-0.39, 0.29) is 17.5 Å². The lowest BCUT2D eigenvalue weighted by Gasteiger charge is -2.23. The van der Waals surface area contributed by atoms with Crippen molar-refractivity contribution in [2.45, 2.75) is 20.4 Å². The Morgan fingerprint density at radius 2 is 1.79 bits per heavy atom. The molecule has 2 aromatic carbocycles. The van der Waals surface area contributed by atoms with Crippen LogP contribution in [0.15, 0.2) is 66.3 Å². The van der Waals surface area contributed by atoms with Crippen LogP contribution < -0.4 is 5.32 Å². The zero-order valence-corrected chi connectivity index (χ0v) is 22.4. The largest absolute Gasteiger partial charge is 0.345 e. The molecule has 0 radical (unpaired) electrons. The van der Waals surface area contributed by atoms with Crippen molar-refractivity contribution in [1.82, 2.24) is 29.2 Å². The predicted molar refractivity (Wildman–Crippen MR) is 150 cm³/mol. The smallest absolute Gasteiger partial charge is 0.275 e. The van der Waals surface area contributed by atoms with Crippen LogP contribution in [0, 0.1) is 0 Å². The number of carbonyl (C=O) groups excluding carboxylic acids is 2. The molecule has 38 heavy (non-hydrogen) atoms. The summed E-state index contributed by atoms with van der Waals surface area (Å²) in [6, 6.07) is 15.1. The number of hydrogen-bond acceptors (Lipinski definition) is 7. The number of amides is 2. The Labute approximate surface area is 224 Å². The maximum Gasteiger partial charge on any atom is 0.275 e. The van der Waals surface area contributed by atoms with Gasteiger partial charge >= 0.3 is 0 Å². The van der Waals surface area contributed by atoms with Crippen LogP contribution in [0.4, 0.5) is 5.69 Å². The number of nitrogens with zero attached hydrogens (tertiary/aromatic N) is 6. The van der Waals surface area contributed by atoms with Gasteiger partial charge in [-0.2, -0.15) is 0 Å². The van der Waals surface area contributed by atoms with Gasteiger partial charge in [-0.05, 0) is 24.7 Å². The van der Waals surface area contributed by atoms with E-state index in [1.165, 1.54) is 6.20 Å². The second-order valence-corrected chi connectivity index (χ2v) is 9.90. The number of hydrogen-bond donors (Lipinski definition) is 1. The molecule has 0 aliphatic carbocycles. The fourth-order valence-corrected chi connectivity index (χ4v) is 5.03. The van der Waals surface area contributed by atoms with E-state index in [1.807, 2.05) is 61.8 Å². The second-order valence-electron chi connectivity index (χ2n) is 9.06. The average Bonchev–Trinajstić information content (AvgIpc) is 3.52. The minimum absolute atomic E-state index is 0.0663. The van der Waals surface area contributed by atoms with Crippen molar-refractivity contribution >= 4 is 44.8 Å². The van der Waals surface area contributed by atoms with Gasteiger partial charge in [-0.15, -0.1) is 11.3 Å². The number of nitrogens with one attached hydrogen (secondary N) is 1. The van der Waals surface area contributed by atoms with E-state index in [0.717, 1.165) is 47.1 Å². The molecule has 0 fully saturated rings. The maximum atomic E-state index is 13.1. The first-order valence-electron chi connectivity index (χ1n) is 12.4. The van der Waals surface area contributed by atoms with Crippen molar-refractivity contribution in [3.8, 4) is 11.3 Å². The minimum Gasteiger partial charge on any atom is -0.345 e. The van der Waals surface area contributed by atoms with Gasteiger partial charge in [-0.25, -0.2) is 9.97 Å². The Balaban J connectivity index is 1.36. The van der Waals surface area contributed by atoms with E-state index in [4.69, 9.17) is 4.98 Å². The van der Waals surface area contributed by atoms with Crippen molar-refractivity contribution in [3.05, 3.63) is 77.7 Å². The van der Waals surface area contributed by atoms with Crippen LogP contribution in [0.25, 0.3) is 27.3 Å². The Hall–Kier alpha value is -4.15. The number of likely N-dealkylation sites (N-methyl/N-ethyl adjacent to an activating group) is 2. The van der Waals surface area contributed by atoms with Crippen molar-refractivity contribution in [1.29, 1.82) is 0 Å². The van der Waals surface area contributed by atoms with E-state index in [9.17, 15) is 9.59 Å². The van der Waals surface area contributed by atoms with Crippen molar-refractivity contribution in [2.75, 3.05) is 32.0 Å². The quantitative estimate of drug-likeness (QED) is 0.302.